The van der Waals surface area contributed by atoms with Crippen LogP contribution in [0.25, 0.3) is 10.9 Å². The molecule has 6 nitrogen and oxygen atoms in total. The van der Waals surface area contributed by atoms with Crippen LogP contribution in [0.2, 0.25) is 0 Å². The van der Waals surface area contributed by atoms with E-state index in [4.69, 9.17) is 14.0 Å². The number of aromatic nitrogens is 2. The van der Waals surface area contributed by atoms with E-state index in [0.717, 1.165) is 10.9 Å². The van der Waals surface area contributed by atoms with Gasteiger partial charge in [0, 0.05) is 11.9 Å². The van der Waals surface area contributed by atoms with Crippen molar-refractivity contribution in [2.75, 3.05) is 7.11 Å². The van der Waals surface area contributed by atoms with Gasteiger partial charge < -0.3 is 14.0 Å². The van der Waals surface area contributed by atoms with Gasteiger partial charge in [0.25, 0.3) is 0 Å². The van der Waals surface area contributed by atoms with Gasteiger partial charge in [0.2, 0.25) is 0 Å². The van der Waals surface area contributed by atoms with Crippen molar-refractivity contribution in [3.05, 3.63) is 23.8 Å². The number of aryl methyl sites for hydroxylation is 1. The van der Waals surface area contributed by atoms with Crippen molar-refractivity contribution in [1.82, 2.24) is 9.78 Å². The molecular weight excluding hydrogens is 307 g/mol. The van der Waals surface area contributed by atoms with Gasteiger partial charge >= 0.3 is 13.1 Å². The van der Waals surface area contributed by atoms with Gasteiger partial charge in [-0.2, -0.15) is 5.10 Å². The minimum Gasteiger partial charge on any atom is -0.465 e. The largest absolute Gasteiger partial charge is 0.517 e. The molecule has 0 unspecified atom stereocenters. The number of rotatable bonds is 3. The average molecular weight is 330 g/mol. The lowest BCUT2D eigenvalue weighted by Crippen LogP contribution is -2.41. The minimum atomic E-state index is -0.571. The highest BCUT2D eigenvalue weighted by Crippen LogP contribution is 2.37. The van der Waals surface area contributed by atoms with E-state index in [-0.39, 0.29) is 5.97 Å². The molecule has 128 valence electrons. The monoisotopic (exact) mass is 330 g/mol. The Bertz CT molecular complexity index is 781. The Morgan fingerprint density at radius 2 is 1.88 bits per heavy atom. The standard InChI is InChI=1S/C17H23BN2O4/c1-7-20-13-9-8-11(15(21)22-6)10-12(13)14(19-20)18-23-16(2,3)17(4,5)24-18/h8-10H,7H2,1-6H3. The Labute approximate surface area is 142 Å². The van der Waals surface area contributed by atoms with Crippen LogP contribution in [0.15, 0.2) is 18.2 Å². The molecule has 1 fully saturated rings. The van der Waals surface area contributed by atoms with Gasteiger partial charge in [0.05, 0.1) is 29.4 Å². The number of ether oxygens (including phenoxy) is 1. The van der Waals surface area contributed by atoms with Gasteiger partial charge in [-0.1, -0.05) is 0 Å². The summed E-state index contributed by atoms with van der Waals surface area (Å²) in [5.41, 5.74) is 1.23. The van der Waals surface area contributed by atoms with Gasteiger partial charge in [-0.15, -0.1) is 0 Å². The number of fused-ring (bicyclic) bond motifs is 1. The van der Waals surface area contributed by atoms with Crippen molar-refractivity contribution in [3.8, 4) is 0 Å². The third-order valence-electron chi connectivity index (χ3n) is 4.98. The Hall–Kier alpha value is -1.86. The molecule has 24 heavy (non-hydrogen) atoms. The molecule has 1 saturated heterocycles. The summed E-state index contributed by atoms with van der Waals surface area (Å²) in [6, 6.07) is 5.42. The fourth-order valence-corrected chi connectivity index (χ4v) is 2.82. The molecule has 2 heterocycles. The number of hydrogen-bond donors (Lipinski definition) is 0. The number of esters is 1. The van der Waals surface area contributed by atoms with Crippen LogP contribution in [0.5, 0.6) is 0 Å². The van der Waals surface area contributed by atoms with Crippen LogP contribution in [0, 0.1) is 0 Å². The molecule has 2 aromatic rings. The average Bonchev–Trinajstić information content (AvgIpc) is 3.00. The summed E-state index contributed by atoms with van der Waals surface area (Å²) in [4.78, 5) is 11.9. The smallest absolute Gasteiger partial charge is 0.465 e. The first kappa shape index (κ1) is 17.0. The predicted octanol–water partition coefficient (Wildman–Crippen LogP) is 2.14. The van der Waals surface area contributed by atoms with E-state index in [1.807, 2.05) is 45.4 Å². The Morgan fingerprint density at radius 3 is 2.42 bits per heavy atom. The van der Waals surface area contributed by atoms with Crippen molar-refractivity contribution in [1.29, 1.82) is 0 Å². The molecular formula is C17H23BN2O4. The molecule has 0 amide bonds. The van der Waals surface area contributed by atoms with E-state index in [1.165, 1.54) is 7.11 Å². The highest BCUT2D eigenvalue weighted by atomic mass is 16.7. The molecule has 0 radical (unpaired) electrons. The Morgan fingerprint density at radius 1 is 1.25 bits per heavy atom. The van der Waals surface area contributed by atoms with Crippen LogP contribution >= 0.6 is 0 Å². The molecule has 1 aromatic carbocycles. The first-order valence-corrected chi connectivity index (χ1v) is 8.14. The van der Waals surface area contributed by atoms with Crippen LogP contribution in [0.1, 0.15) is 45.0 Å². The molecule has 1 aliphatic heterocycles. The molecule has 7 heteroatoms. The molecule has 1 aliphatic rings. The van der Waals surface area contributed by atoms with E-state index < -0.39 is 18.3 Å². The van der Waals surface area contributed by atoms with Gasteiger partial charge in [-0.25, -0.2) is 4.79 Å². The molecule has 3 rings (SSSR count). The van der Waals surface area contributed by atoms with Crippen molar-refractivity contribution >= 4 is 29.6 Å². The van der Waals surface area contributed by atoms with Gasteiger partial charge in [0.1, 0.15) is 5.59 Å². The lowest BCUT2D eigenvalue weighted by Gasteiger charge is -2.32. The van der Waals surface area contributed by atoms with E-state index in [2.05, 4.69) is 5.10 Å². The first-order valence-electron chi connectivity index (χ1n) is 8.14. The van der Waals surface area contributed by atoms with Gasteiger partial charge in [0.15, 0.2) is 0 Å². The second-order valence-electron chi connectivity index (χ2n) is 7.01. The lowest BCUT2D eigenvalue weighted by molar-refractivity contribution is 0.00578. The zero-order valence-electron chi connectivity index (χ0n) is 15.0. The maximum absolute atomic E-state index is 11.9. The Balaban J connectivity index is 2.12. The highest BCUT2D eigenvalue weighted by Gasteiger charge is 2.53. The van der Waals surface area contributed by atoms with Crippen molar-refractivity contribution in [2.24, 2.45) is 0 Å². The summed E-state index contributed by atoms with van der Waals surface area (Å²) in [6.45, 7) is 10.8. The Kier molecular flexibility index (Phi) is 3.96. The number of methoxy groups -OCH3 is 1. The highest BCUT2D eigenvalue weighted by molar-refractivity contribution is 6.64. The summed E-state index contributed by atoms with van der Waals surface area (Å²) in [5, 5.41) is 5.51. The number of hydrogen-bond acceptors (Lipinski definition) is 5. The molecule has 0 bridgehead atoms. The van der Waals surface area contributed by atoms with Gasteiger partial charge in [-0.3, -0.25) is 4.68 Å². The lowest BCUT2D eigenvalue weighted by atomic mass is 9.82. The van der Waals surface area contributed by atoms with E-state index in [9.17, 15) is 4.79 Å². The van der Waals surface area contributed by atoms with Crippen LogP contribution in [0.4, 0.5) is 0 Å². The summed E-state index contributed by atoms with van der Waals surface area (Å²) < 4.78 is 19.0. The molecule has 0 aliphatic carbocycles. The SMILES string of the molecule is CCn1nc(B2OC(C)(C)C(C)(C)O2)c2cc(C(=O)OC)ccc21. The fourth-order valence-electron chi connectivity index (χ4n) is 2.82. The van der Waals surface area contributed by atoms with Crippen LogP contribution in [-0.4, -0.2) is 41.2 Å². The number of carbonyl (C=O) groups excluding carboxylic acids is 1. The van der Waals surface area contributed by atoms with Crippen LogP contribution in [-0.2, 0) is 20.6 Å². The van der Waals surface area contributed by atoms with Crippen molar-refractivity contribution in [2.45, 2.75) is 52.4 Å². The van der Waals surface area contributed by atoms with Crippen LogP contribution < -0.4 is 5.59 Å². The number of nitrogens with zero attached hydrogens (tertiary/aromatic N) is 2. The zero-order chi connectivity index (χ0) is 17.7. The fraction of sp³-hybridized carbons (Fsp3) is 0.529. The van der Waals surface area contributed by atoms with Crippen LogP contribution in [0.3, 0.4) is 0 Å². The van der Waals surface area contributed by atoms with Gasteiger partial charge in [-0.05, 0) is 52.8 Å². The maximum atomic E-state index is 11.9. The number of carbonyl (C=O) groups is 1. The predicted molar refractivity (Wildman–Crippen MR) is 92.5 cm³/mol. The summed E-state index contributed by atoms with van der Waals surface area (Å²) in [5.74, 6) is -0.374. The summed E-state index contributed by atoms with van der Waals surface area (Å²) >= 11 is 0. The van der Waals surface area contributed by atoms with E-state index in [1.54, 1.807) is 12.1 Å². The maximum Gasteiger partial charge on any atom is 0.517 e. The third kappa shape index (κ3) is 2.52. The normalized spacial score (nSPS) is 19.0. The topological polar surface area (TPSA) is 62.6 Å². The molecule has 0 N–H and O–H groups in total. The molecule has 0 atom stereocenters. The molecule has 0 spiro atoms. The summed E-state index contributed by atoms with van der Waals surface area (Å²) in [6.07, 6.45) is 0. The van der Waals surface area contributed by atoms with E-state index >= 15 is 0 Å². The second kappa shape index (κ2) is 5.60. The molecule has 1 aromatic heterocycles. The van der Waals surface area contributed by atoms with Crippen molar-refractivity contribution in [3.63, 3.8) is 0 Å². The quantitative estimate of drug-likeness (QED) is 0.637. The number of benzene rings is 1. The minimum absolute atomic E-state index is 0.374. The summed E-state index contributed by atoms with van der Waals surface area (Å²) in [7, 11) is 0.801. The zero-order valence-corrected chi connectivity index (χ0v) is 15.0. The second-order valence-corrected chi connectivity index (χ2v) is 7.01. The third-order valence-corrected chi connectivity index (χ3v) is 4.98. The first-order chi connectivity index (χ1) is 11.2. The molecule has 0 saturated carbocycles. The van der Waals surface area contributed by atoms with E-state index in [0.29, 0.717) is 17.7 Å². The van der Waals surface area contributed by atoms with Crippen molar-refractivity contribution < 1.29 is 18.8 Å².